The highest BCUT2D eigenvalue weighted by molar-refractivity contribution is 5.81. The Kier molecular flexibility index (Phi) is 7.10. The first kappa shape index (κ1) is 20.8. The zero-order valence-corrected chi connectivity index (χ0v) is 17.4. The summed E-state index contributed by atoms with van der Waals surface area (Å²) in [6.45, 7) is 14.0. The highest BCUT2D eigenvalue weighted by Crippen LogP contribution is 2.25. The van der Waals surface area contributed by atoms with Gasteiger partial charge in [-0.3, -0.25) is 4.79 Å². The number of rotatable bonds is 6. The van der Waals surface area contributed by atoms with Gasteiger partial charge in [0.25, 0.3) is 5.91 Å². The fourth-order valence-electron chi connectivity index (χ4n) is 3.60. The van der Waals surface area contributed by atoms with Gasteiger partial charge in [0.15, 0.2) is 6.10 Å². The van der Waals surface area contributed by atoms with Crippen LogP contribution in [0.2, 0.25) is 0 Å². The Hall–Kier alpha value is -1.55. The Bertz CT molecular complexity index is 569. The van der Waals surface area contributed by atoms with Crippen LogP contribution in [-0.4, -0.2) is 54.5 Å². The molecule has 1 aromatic carbocycles. The van der Waals surface area contributed by atoms with Crippen molar-refractivity contribution in [3.8, 4) is 5.75 Å². The third kappa shape index (κ3) is 5.47. The van der Waals surface area contributed by atoms with E-state index in [1.165, 1.54) is 12.0 Å². The molecule has 4 nitrogen and oxygen atoms in total. The summed E-state index contributed by atoms with van der Waals surface area (Å²) in [4.78, 5) is 17.2. The van der Waals surface area contributed by atoms with Crippen LogP contribution in [0.25, 0.3) is 0 Å². The lowest BCUT2D eigenvalue weighted by Gasteiger charge is -2.37. The maximum absolute atomic E-state index is 12.8. The van der Waals surface area contributed by atoms with E-state index in [1.807, 2.05) is 31.0 Å². The van der Waals surface area contributed by atoms with Gasteiger partial charge in [0.2, 0.25) is 0 Å². The molecular formula is C22H36N2O2. The minimum Gasteiger partial charge on any atom is -0.481 e. The molecule has 1 atom stereocenters. The van der Waals surface area contributed by atoms with E-state index >= 15 is 0 Å². The highest BCUT2D eigenvalue weighted by Gasteiger charge is 2.28. The van der Waals surface area contributed by atoms with E-state index < -0.39 is 6.10 Å². The molecule has 1 heterocycles. The van der Waals surface area contributed by atoms with Crippen molar-refractivity contribution in [2.24, 2.45) is 0 Å². The molecule has 1 aromatic rings. The van der Waals surface area contributed by atoms with E-state index in [4.69, 9.17) is 4.74 Å². The quantitative estimate of drug-likeness (QED) is 0.766. The van der Waals surface area contributed by atoms with Crippen LogP contribution in [0.4, 0.5) is 0 Å². The van der Waals surface area contributed by atoms with Crippen LogP contribution in [0.15, 0.2) is 24.3 Å². The summed E-state index contributed by atoms with van der Waals surface area (Å²) in [7, 11) is 1.92. The Morgan fingerprint density at radius 2 is 1.81 bits per heavy atom. The molecule has 2 rings (SSSR count). The van der Waals surface area contributed by atoms with E-state index in [-0.39, 0.29) is 11.3 Å². The molecule has 1 unspecified atom stereocenters. The number of hydrogen-bond donors (Lipinski definition) is 0. The van der Waals surface area contributed by atoms with Crippen LogP contribution >= 0.6 is 0 Å². The van der Waals surface area contributed by atoms with Crippen molar-refractivity contribution in [3.63, 3.8) is 0 Å². The van der Waals surface area contributed by atoms with Crippen molar-refractivity contribution >= 4 is 5.91 Å². The molecule has 0 aromatic heterocycles. The Labute approximate surface area is 159 Å². The minimum absolute atomic E-state index is 0.0684. The van der Waals surface area contributed by atoms with Crippen molar-refractivity contribution in [1.29, 1.82) is 0 Å². The van der Waals surface area contributed by atoms with Gasteiger partial charge in [0.05, 0.1) is 0 Å². The highest BCUT2D eigenvalue weighted by atomic mass is 16.5. The van der Waals surface area contributed by atoms with Gasteiger partial charge in [-0.05, 0) is 55.8 Å². The summed E-state index contributed by atoms with van der Waals surface area (Å²) >= 11 is 0. The zero-order chi connectivity index (χ0) is 19.3. The van der Waals surface area contributed by atoms with E-state index in [9.17, 15) is 4.79 Å². The first-order valence-corrected chi connectivity index (χ1v) is 9.98. The van der Waals surface area contributed by atoms with Gasteiger partial charge in [-0.2, -0.15) is 0 Å². The number of amides is 1. The number of carbonyl (C=O) groups excluding carboxylic acids is 1. The van der Waals surface area contributed by atoms with Crippen LogP contribution in [0.3, 0.4) is 0 Å². The van der Waals surface area contributed by atoms with Gasteiger partial charge in [-0.15, -0.1) is 0 Å². The van der Waals surface area contributed by atoms with E-state index in [0.29, 0.717) is 6.04 Å². The average Bonchev–Trinajstić information content (AvgIpc) is 2.61. The van der Waals surface area contributed by atoms with Crippen LogP contribution < -0.4 is 4.74 Å². The Balaban J connectivity index is 1.88. The molecule has 1 fully saturated rings. The lowest BCUT2D eigenvalue weighted by molar-refractivity contribution is -0.139. The van der Waals surface area contributed by atoms with Crippen molar-refractivity contribution < 1.29 is 9.53 Å². The van der Waals surface area contributed by atoms with Crippen molar-refractivity contribution in [1.82, 2.24) is 9.80 Å². The summed E-state index contributed by atoms with van der Waals surface area (Å²) in [6.07, 6.45) is 2.83. The zero-order valence-electron chi connectivity index (χ0n) is 17.4. The fourth-order valence-corrected chi connectivity index (χ4v) is 3.60. The van der Waals surface area contributed by atoms with Crippen LogP contribution in [0.5, 0.6) is 5.75 Å². The number of nitrogens with zero attached hydrogens (tertiary/aromatic N) is 2. The number of piperidine rings is 1. The van der Waals surface area contributed by atoms with Crippen LogP contribution in [-0.2, 0) is 10.2 Å². The number of likely N-dealkylation sites (tertiary alicyclic amines) is 1. The first-order valence-electron chi connectivity index (χ1n) is 9.98. The molecule has 1 saturated heterocycles. The third-order valence-corrected chi connectivity index (χ3v) is 5.37. The lowest BCUT2D eigenvalue weighted by Crippen LogP contribution is -2.49. The van der Waals surface area contributed by atoms with Gasteiger partial charge in [0.1, 0.15) is 5.75 Å². The molecule has 0 N–H and O–H groups in total. The SMILES string of the molecule is CCCN1CCC(N(C)C(=O)C(C)Oc2ccc(C(C)(C)C)cc2)CC1. The van der Waals surface area contributed by atoms with Gasteiger partial charge >= 0.3 is 0 Å². The maximum Gasteiger partial charge on any atom is 0.263 e. The van der Waals surface area contributed by atoms with Gasteiger partial charge < -0.3 is 14.5 Å². The molecule has 1 aliphatic heterocycles. The first-order chi connectivity index (χ1) is 12.2. The number of hydrogen-bond acceptors (Lipinski definition) is 3. The second-order valence-corrected chi connectivity index (χ2v) is 8.56. The predicted octanol–water partition coefficient (Wildman–Crippen LogP) is 4.08. The second-order valence-electron chi connectivity index (χ2n) is 8.56. The van der Waals surface area contributed by atoms with Gasteiger partial charge in [-0.1, -0.05) is 39.8 Å². The van der Waals surface area contributed by atoms with Gasteiger partial charge in [-0.25, -0.2) is 0 Å². The molecule has 26 heavy (non-hydrogen) atoms. The lowest BCUT2D eigenvalue weighted by atomic mass is 9.87. The van der Waals surface area contributed by atoms with E-state index in [2.05, 4.69) is 44.7 Å². The maximum atomic E-state index is 12.8. The largest absolute Gasteiger partial charge is 0.481 e. The summed E-state index contributed by atoms with van der Waals surface area (Å²) in [5, 5.41) is 0. The molecule has 1 aliphatic rings. The molecule has 0 radical (unpaired) electrons. The normalized spacial score (nSPS) is 17.8. The van der Waals surface area contributed by atoms with Crippen LogP contribution in [0.1, 0.15) is 59.4 Å². The molecule has 146 valence electrons. The number of likely N-dealkylation sites (N-methyl/N-ethyl adjacent to an activating group) is 1. The smallest absolute Gasteiger partial charge is 0.263 e. The number of benzene rings is 1. The van der Waals surface area contributed by atoms with E-state index in [0.717, 1.165) is 38.2 Å². The number of carbonyl (C=O) groups is 1. The van der Waals surface area contributed by atoms with Crippen LogP contribution in [0, 0.1) is 0 Å². The van der Waals surface area contributed by atoms with Crippen molar-refractivity contribution in [2.75, 3.05) is 26.7 Å². The molecule has 0 bridgehead atoms. The van der Waals surface area contributed by atoms with Crippen molar-refractivity contribution in [2.45, 2.75) is 71.4 Å². The summed E-state index contributed by atoms with van der Waals surface area (Å²) < 4.78 is 5.91. The standard InChI is InChI=1S/C22H36N2O2/c1-7-14-24-15-12-19(13-16-24)23(6)21(25)17(2)26-20-10-8-18(9-11-20)22(3,4)5/h8-11,17,19H,7,12-16H2,1-6H3. The average molecular weight is 361 g/mol. The molecule has 4 heteroatoms. The van der Waals surface area contributed by atoms with Crippen molar-refractivity contribution in [3.05, 3.63) is 29.8 Å². The predicted molar refractivity (Wildman–Crippen MR) is 108 cm³/mol. The monoisotopic (exact) mass is 360 g/mol. The molecule has 0 aliphatic carbocycles. The topological polar surface area (TPSA) is 32.8 Å². The summed E-state index contributed by atoms with van der Waals surface area (Å²) in [5.74, 6) is 0.823. The molecular weight excluding hydrogens is 324 g/mol. The molecule has 0 spiro atoms. The van der Waals surface area contributed by atoms with Gasteiger partial charge in [0, 0.05) is 26.2 Å². The molecule has 0 saturated carbocycles. The molecule has 1 amide bonds. The third-order valence-electron chi connectivity index (χ3n) is 5.37. The Morgan fingerprint density at radius 3 is 2.31 bits per heavy atom. The summed E-state index contributed by atoms with van der Waals surface area (Å²) in [6, 6.07) is 8.42. The summed E-state index contributed by atoms with van der Waals surface area (Å²) in [5.41, 5.74) is 1.38. The Morgan fingerprint density at radius 1 is 1.23 bits per heavy atom. The minimum atomic E-state index is -0.464. The fraction of sp³-hybridized carbons (Fsp3) is 0.682. The van der Waals surface area contributed by atoms with E-state index in [1.54, 1.807) is 0 Å². The second kappa shape index (κ2) is 8.90. The number of ether oxygens (including phenoxy) is 1.